The first-order valence-electron chi connectivity index (χ1n) is 8.81. The molecule has 0 atom stereocenters. The Morgan fingerprint density at radius 3 is 2.61 bits per heavy atom. The van der Waals surface area contributed by atoms with Crippen LogP contribution in [-0.2, 0) is 16.0 Å². The molecule has 144 valence electrons. The lowest BCUT2D eigenvalue weighted by molar-refractivity contribution is -0.116. The predicted octanol–water partition coefficient (Wildman–Crippen LogP) is 3.88. The van der Waals surface area contributed by atoms with Crippen molar-refractivity contribution < 1.29 is 18.7 Å². The average molecular weight is 379 g/mol. The molecule has 7 heteroatoms. The number of amides is 2. The van der Waals surface area contributed by atoms with E-state index in [-0.39, 0.29) is 18.2 Å². The Hall–Kier alpha value is -3.61. The van der Waals surface area contributed by atoms with Crippen LogP contribution in [0.2, 0.25) is 0 Å². The fourth-order valence-electron chi connectivity index (χ4n) is 2.68. The van der Waals surface area contributed by atoms with Crippen LogP contribution in [0.25, 0.3) is 11.3 Å². The Kier molecular flexibility index (Phi) is 6.06. The largest absolute Gasteiger partial charge is 0.495 e. The number of ether oxygens (including phenoxy) is 1. The molecular weight excluding hydrogens is 358 g/mol. The van der Waals surface area contributed by atoms with Crippen LogP contribution in [0.3, 0.4) is 0 Å². The van der Waals surface area contributed by atoms with E-state index in [4.69, 9.17) is 9.15 Å². The molecule has 2 aromatic carbocycles. The molecule has 0 aliphatic carbocycles. The summed E-state index contributed by atoms with van der Waals surface area (Å²) < 4.78 is 10.9. The summed E-state index contributed by atoms with van der Waals surface area (Å²) >= 11 is 0. The summed E-state index contributed by atoms with van der Waals surface area (Å²) in [6.45, 7) is 1.41. The number of carbonyl (C=O) groups excluding carboxylic acids is 2. The first-order chi connectivity index (χ1) is 13.5. The molecule has 2 N–H and O–H groups in total. The lowest BCUT2D eigenvalue weighted by Crippen LogP contribution is -2.13. The average Bonchev–Trinajstić information content (AvgIpc) is 3.16. The Morgan fingerprint density at radius 1 is 1.11 bits per heavy atom. The van der Waals surface area contributed by atoms with Gasteiger partial charge in [0, 0.05) is 31.0 Å². The molecule has 28 heavy (non-hydrogen) atoms. The number of nitrogens with one attached hydrogen (secondary N) is 2. The maximum absolute atomic E-state index is 12.3. The van der Waals surface area contributed by atoms with Crippen LogP contribution in [0.4, 0.5) is 11.4 Å². The van der Waals surface area contributed by atoms with Crippen molar-refractivity contribution in [2.24, 2.45) is 0 Å². The summed E-state index contributed by atoms with van der Waals surface area (Å²) in [6, 6.07) is 14.7. The minimum absolute atomic E-state index is 0.182. The third-order valence-corrected chi connectivity index (χ3v) is 3.97. The van der Waals surface area contributed by atoms with Gasteiger partial charge in [0.05, 0.1) is 19.0 Å². The van der Waals surface area contributed by atoms with Crippen molar-refractivity contribution in [3.8, 4) is 17.1 Å². The van der Waals surface area contributed by atoms with E-state index in [0.717, 1.165) is 5.56 Å². The second-order valence-electron chi connectivity index (χ2n) is 6.13. The highest BCUT2D eigenvalue weighted by Crippen LogP contribution is 2.28. The number of benzene rings is 2. The molecule has 0 radical (unpaired) electrons. The van der Waals surface area contributed by atoms with Crippen LogP contribution < -0.4 is 15.4 Å². The predicted molar refractivity (Wildman–Crippen MR) is 106 cm³/mol. The normalized spacial score (nSPS) is 10.4. The van der Waals surface area contributed by atoms with Crippen molar-refractivity contribution in [3.05, 3.63) is 60.6 Å². The van der Waals surface area contributed by atoms with Crippen molar-refractivity contribution >= 4 is 23.2 Å². The number of hydrogen-bond acceptors (Lipinski definition) is 5. The van der Waals surface area contributed by atoms with Gasteiger partial charge in [0.25, 0.3) is 0 Å². The van der Waals surface area contributed by atoms with Crippen molar-refractivity contribution in [2.45, 2.75) is 19.8 Å². The Bertz CT molecular complexity index is 967. The monoisotopic (exact) mass is 379 g/mol. The highest BCUT2D eigenvalue weighted by atomic mass is 16.5. The van der Waals surface area contributed by atoms with Crippen LogP contribution in [0.15, 0.2) is 59.1 Å². The van der Waals surface area contributed by atoms with Gasteiger partial charge < -0.3 is 19.8 Å². The minimum Gasteiger partial charge on any atom is -0.495 e. The number of aryl methyl sites for hydroxylation is 1. The van der Waals surface area contributed by atoms with E-state index >= 15 is 0 Å². The van der Waals surface area contributed by atoms with Crippen LogP contribution in [-0.4, -0.2) is 23.9 Å². The molecule has 0 spiro atoms. The molecule has 1 heterocycles. The van der Waals surface area contributed by atoms with Gasteiger partial charge in [-0.2, -0.15) is 0 Å². The van der Waals surface area contributed by atoms with E-state index < -0.39 is 0 Å². The molecule has 0 aliphatic heterocycles. The van der Waals surface area contributed by atoms with Gasteiger partial charge in [-0.3, -0.25) is 9.59 Å². The zero-order valence-electron chi connectivity index (χ0n) is 15.7. The van der Waals surface area contributed by atoms with Gasteiger partial charge in [0.1, 0.15) is 5.75 Å². The van der Waals surface area contributed by atoms with E-state index in [1.54, 1.807) is 24.4 Å². The third kappa shape index (κ3) is 4.97. The summed E-state index contributed by atoms with van der Waals surface area (Å²) in [5.41, 5.74) is 1.99. The molecule has 0 saturated heterocycles. The lowest BCUT2D eigenvalue weighted by atomic mass is 10.2. The second kappa shape index (κ2) is 8.85. The van der Waals surface area contributed by atoms with E-state index in [1.165, 1.54) is 14.0 Å². The lowest BCUT2D eigenvalue weighted by Gasteiger charge is -2.11. The van der Waals surface area contributed by atoms with E-state index in [1.807, 2.05) is 30.3 Å². The van der Waals surface area contributed by atoms with Gasteiger partial charge >= 0.3 is 0 Å². The van der Waals surface area contributed by atoms with Gasteiger partial charge in [0.15, 0.2) is 11.7 Å². The number of oxazole rings is 1. The Balaban J connectivity index is 1.59. The SMILES string of the molecule is COc1ccc(NC(=O)CCc2ncc(-c3ccccc3)o2)cc1NC(C)=O. The molecule has 0 saturated carbocycles. The first kappa shape index (κ1) is 19.2. The third-order valence-electron chi connectivity index (χ3n) is 3.97. The molecular formula is C21H21N3O4. The molecule has 3 rings (SSSR count). The second-order valence-corrected chi connectivity index (χ2v) is 6.13. The van der Waals surface area contributed by atoms with Crippen LogP contribution in [0, 0.1) is 0 Å². The van der Waals surface area contributed by atoms with Gasteiger partial charge in [-0.25, -0.2) is 4.98 Å². The van der Waals surface area contributed by atoms with E-state index in [2.05, 4.69) is 15.6 Å². The molecule has 7 nitrogen and oxygen atoms in total. The minimum atomic E-state index is -0.222. The maximum atomic E-state index is 12.3. The highest BCUT2D eigenvalue weighted by Gasteiger charge is 2.11. The molecule has 0 bridgehead atoms. The summed E-state index contributed by atoms with van der Waals surface area (Å²) in [5, 5.41) is 5.47. The van der Waals surface area contributed by atoms with Crippen LogP contribution in [0.5, 0.6) is 5.75 Å². The molecule has 0 unspecified atom stereocenters. The van der Waals surface area contributed by atoms with Gasteiger partial charge in [-0.1, -0.05) is 30.3 Å². The number of hydrogen-bond donors (Lipinski definition) is 2. The van der Waals surface area contributed by atoms with Crippen LogP contribution >= 0.6 is 0 Å². The quantitative estimate of drug-likeness (QED) is 0.650. The van der Waals surface area contributed by atoms with Crippen molar-refractivity contribution in [1.29, 1.82) is 0 Å². The number of methoxy groups -OCH3 is 1. The van der Waals surface area contributed by atoms with Gasteiger partial charge in [-0.15, -0.1) is 0 Å². The summed E-state index contributed by atoms with van der Waals surface area (Å²) in [7, 11) is 1.51. The smallest absolute Gasteiger partial charge is 0.224 e. The molecule has 1 aromatic heterocycles. The number of carbonyl (C=O) groups is 2. The molecule has 2 amide bonds. The Morgan fingerprint density at radius 2 is 1.89 bits per heavy atom. The van der Waals surface area contributed by atoms with Crippen molar-refractivity contribution in [3.63, 3.8) is 0 Å². The van der Waals surface area contributed by atoms with Gasteiger partial charge in [0.2, 0.25) is 11.8 Å². The molecule has 0 aliphatic rings. The summed E-state index contributed by atoms with van der Waals surface area (Å²) in [6.07, 6.45) is 2.26. The van der Waals surface area contributed by atoms with Crippen molar-refractivity contribution in [2.75, 3.05) is 17.7 Å². The van der Waals surface area contributed by atoms with Gasteiger partial charge in [-0.05, 0) is 18.2 Å². The number of aromatic nitrogens is 1. The highest BCUT2D eigenvalue weighted by molar-refractivity contribution is 5.94. The number of rotatable bonds is 7. The fourth-order valence-corrected chi connectivity index (χ4v) is 2.68. The summed E-state index contributed by atoms with van der Waals surface area (Å²) in [5.74, 6) is 1.29. The Labute approximate surface area is 162 Å². The zero-order valence-corrected chi connectivity index (χ0v) is 15.7. The zero-order chi connectivity index (χ0) is 19.9. The first-order valence-corrected chi connectivity index (χ1v) is 8.81. The van der Waals surface area contributed by atoms with Crippen LogP contribution in [0.1, 0.15) is 19.2 Å². The fraction of sp³-hybridized carbons (Fsp3) is 0.190. The van der Waals surface area contributed by atoms with E-state index in [9.17, 15) is 9.59 Å². The maximum Gasteiger partial charge on any atom is 0.224 e. The van der Waals surface area contributed by atoms with Crippen molar-refractivity contribution in [1.82, 2.24) is 4.98 Å². The number of nitrogens with zero attached hydrogens (tertiary/aromatic N) is 1. The topological polar surface area (TPSA) is 93.5 Å². The standard InChI is InChI=1S/C21H21N3O4/c1-14(25)23-17-12-16(8-9-18(17)27-2)24-20(26)10-11-21-22-13-19(28-21)15-6-4-3-5-7-15/h3-9,12-13H,10-11H2,1-2H3,(H,23,25)(H,24,26). The molecule has 3 aromatic rings. The summed E-state index contributed by atoms with van der Waals surface area (Å²) in [4.78, 5) is 27.8. The number of anilines is 2. The molecule has 0 fully saturated rings. The van der Waals surface area contributed by atoms with E-state index in [0.29, 0.717) is 35.2 Å².